The Labute approximate surface area is 144 Å². The first kappa shape index (κ1) is 17.0. The van der Waals surface area contributed by atoms with Crippen LogP contribution in [0.3, 0.4) is 0 Å². The highest BCUT2D eigenvalue weighted by molar-refractivity contribution is 9.10. The topological polar surface area (TPSA) is 50.7 Å². The van der Waals surface area contributed by atoms with E-state index >= 15 is 0 Å². The highest BCUT2D eigenvalue weighted by Gasteiger charge is 2.02. The van der Waals surface area contributed by atoms with E-state index < -0.39 is 0 Å². The summed E-state index contributed by atoms with van der Waals surface area (Å²) in [7, 11) is 0. The Morgan fingerprint density at radius 1 is 1.26 bits per heavy atom. The number of benzene rings is 2. The normalized spacial score (nSPS) is 11.0. The number of carbonyl (C=O) groups excluding carboxylic acids is 1. The van der Waals surface area contributed by atoms with Crippen molar-refractivity contribution in [2.75, 3.05) is 6.61 Å². The number of hydrazone groups is 1. The number of hydrogen-bond acceptors (Lipinski definition) is 3. The second kappa shape index (κ2) is 8.90. The van der Waals surface area contributed by atoms with Gasteiger partial charge in [0.05, 0.1) is 0 Å². The lowest BCUT2D eigenvalue weighted by atomic mass is 10.2. The largest absolute Gasteiger partial charge is 0.484 e. The number of nitrogens with one attached hydrogen (secondary N) is 1. The van der Waals surface area contributed by atoms with E-state index in [0.29, 0.717) is 5.75 Å². The van der Waals surface area contributed by atoms with Crippen LogP contribution >= 0.6 is 15.9 Å². The van der Waals surface area contributed by atoms with Crippen molar-refractivity contribution in [3.05, 3.63) is 70.2 Å². The predicted octanol–water partition coefficient (Wildman–Crippen LogP) is 3.95. The van der Waals surface area contributed by atoms with Gasteiger partial charge < -0.3 is 4.74 Å². The molecule has 2 rings (SSSR count). The third-order valence-corrected chi connectivity index (χ3v) is 3.83. The van der Waals surface area contributed by atoms with Crippen molar-refractivity contribution in [2.24, 2.45) is 5.10 Å². The molecule has 0 bridgehead atoms. The van der Waals surface area contributed by atoms with Gasteiger partial charge in [0.15, 0.2) is 6.61 Å². The molecule has 5 heteroatoms. The van der Waals surface area contributed by atoms with Gasteiger partial charge in [-0.05, 0) is 42.3 Å². The summed E-state index contributed by atoms with van der Waals surface area (Å²) in [5.41, 5.74) is 4.53. The number of carbonyl (C=O) groups is 1. The first-order valence-corrected chi connectivity index (χ1v) is 7.87. The Morgan fingerprint density at radius 2 is 2.04 bits per heavy atom. The number of ether oxygens (including phenoxy) is 1. The molecule has 0 unspecified atom stereocenters. The molecule has 0 spiro atoms. The quantitative estimate of drug-likeness (QED) is 0.616. The number of nitrogens with zero attached hydrogens (tertiary/aromatic N) is 1. The van der Waals surface area contributed by atoms with Crippen molar-refractivity contribution in [2.45, 2.75) is 6.92 Å². The fourth-order valence-corrected chi connectivity index (χ4v) is 2.01. The van der Waals surface area contributed by atoms with Gasteiger partial charge in [0.2, 0.25) is 0 Å². The smallest absolute Gasteiger partial charge is 0.277 e. The number of halogens is 1. The molecule has 0 aromatic heterocycles. The van der Waals surface area contributed by atoms with Crippen molar-refractivity contribution < 1.29 is 9.53 Å². The third-order valence-electron chi connectivity index (χ3n) is 2.94. The number of amides is 1. The lowest BCUT2D eigenvalue weighted by Gasteiger charge is -2.06. The van der Waals surface area contributed by atoms with Crippen LogP contribution in [0, 0.1) is 6.92 Å². The SMILES string of the molecule is Cc1cc(OCC(=O)N/N=C/C=C/c2ccccc2)ccc1Br. The molecule has 0 fully saturated rings. The number of allylic oxidation sites excluding steroid dienone is 1. The zero-order valence-electron chi connectivity index (χ0n) is 12.7. The van der Waals surface area contributed by atoms with Gasteiger partial charge in [0, 0.05) is 10.7 Å². The molecule has 23 heavy (non-hydrogen) atoms. The van der Waals surface area contributed by atoms with Gasteiger partial charge in [-0.2, -0.15) is 5.10 Å². The second-order valence-corrected chi connectivity index (χ2v) is 5.64. The molecule has 2 aromatic rings. The molecule has 0 saturated carbocycles. The molecule has 2 aromatic carbocycles. The van der Waals surface area contributed by atoms with Crippen molar-refractivity contribution in [1.29, 1.82) is 0 Å². The molecule has 0 saturated heterocycles. The Morgan fingerprint density at radius 3 is 2.78 bits per heavy atom. The molecule has 1 amide bonds. The number of rotatable bonds is 6. The summed E-state index contributed by atoms with van der Waals surface area (Å²) in [6.45, 7) is 1.88. The van der Waals surface area contributed by atoms with Crippen LogP contribution in [0.25, 0.3) is 6.08 Å². The lowest BCUT2D eigenvalue weighted by molar-refractivity contribution is -0.123. The molecule has 0 aliphatic heterocycles. The van der Waals surface area contributed by atoms with E-state index in [9.17, 15) is 4.79 Å². The van der Waals surface area contributed by atoms with E-state index in [4.69, 9.17) is 4.74 Å². The lowest BCUT2D eigenvalue weighted by Crippen LogP contribution is -2.24. The van der Waals surface area contributed by atoms with Crippen LogP contribution in [0.2, 0.25) is 0 Å². The minimum Gasteiger partial charge on any atom is -0.484 e. The molecule has 0 radical (unpaired) electrons. The Hall–Kier alpha value is -2.40. The Bertz CT molecular complexity index is 712. The van der Waals surface area contributed by atoms with Gasteiger partial charge in [-0.3, -0.25) is 4.79 Å². The van der Waals surface area contributed by atoms with Gasteiger partial charge >= 0.3 is 0 Å². The average molecular weight is 373 g/mol. The fourth-order valence-electron chi connectivity index (χ4n) is 1.76. The van der Waals surface area contributed by atoms with Crippen LogP contribution in [0.1, 0.15) is 11.1 Å². The van der Waals surface area contributed by atoms with Crippen LogP contribution in [0.4, 0.5) is 0 Å². The molecule has 1 N–H and O–H groups in total. The maximum atomic E-state index is 11.6. The first-order chi connectivity index (χ1) is 11.1. The van der Waals surface area contributed by atoms with Crippen molar-refractivity contribution in [3.63, 3.8) is 0 Å². The van der Waals surface area contributed by atoms with E-state index in [2.05, 4.69) is 26.5 Å². The zero-order chi connectivity index (χ0) is 16.5. The molecule has 118 valence electrons. The summed E-state index contributed by atoms with van der Waals surface area (Å²) in [6.07, 6.45) is 5.18. The second-order valence-electron chi connectivity index (χ2n) is 4.78. The molecule has 0 heterocycles. The van der Waals surface area contributed by atoms with Gasteiger partial charge in [-0.1, -0.05) is 52.3 Å². The molecule has 0 atom stereocenters. The summed E-state index contributed by atoms with van der Waals surface area (Å²) in [4.78, 5) is 11.6. The van der Waals surface area contributed by atoms with E-state index in [1.54, 1.807) is 12.1 Å². The van der Waals surface area contributed by atoms with Crippen LogP contribution in [-0.2, 0) is 4.79 Å². The van der Waals surface area contributed by atoms with Gasteiger partial charge in [0.25, 0.3) is 5.91 Å². The minimum atomic E-state index is -0.310. The summed E-state index contributed by atoms with van der Waals surface area (Å²) in [5.74, 6) is 0.337. The minimum absolute atomic E-state index is 0.0825. The zero-order valence-corrected chi connectivity index (χ0v) is 14.3. The summed E-state index contributed by atoms with van der Waals surface area (Å²) < 4.78 is 6.41. The monoisotopic (exact) mass is 372 g/mol. The van der Waals surface area contributed by atoms with E-state index in [1.807, 2.05) is 55.5 Å². The molecular formula is C18H17BrN2O2. The van der Waals surface area contributed by atoms with Gasteiger partial charge in [0.1, 0.15) is 5.75 Å². The van der Waals surface area contributed by atoms with Crippen LogP contribution in [0.15, 0.2) is 64.2 Å². The summed E-state index contributed by atoms with van der Waals surface area (Å²) in [5, 5.41) is 3.83. The molecule has 0 aliphatic carbocycles. The maximum absolute atomic E-state index is 11.6. The van der Waals surface area contributed by atoms with E-state index in [0.717, 1.165) is 15.6 Å². The van der Waals surface area contributed by atoms with Crippen molar-refractivity contribution in [3.8, 4) is 5.75 Å². The summed E-state index contributed by atoms with van der Waals surface area (Å²) >= 11 is 3.41. The molecular weight excluding hydrogens is 356 g/mol. The average Bonchev–Trinajstić information content (AvgIpc) is 2.56. The van der Waals surface area contributed by atoms with Gasteiger partial charge in [-0.25, -0.2) is 5.43 Å². The highest BCUT2D eigenvalue weighted by Crippen LogP contribution is 2.21. The third kappa shape index (κ3) is 6.08. The molecule has 4 nitrogen and oxygen atoms in total. The van der Waals surface area contributed by atoms with E-state index in [1.165, 1.54) is 6.21 Å². The first-order valence-electron chi connectivity index (χ1n) is 7.08. The Kier molecular flexibility index (Phi) is 6.56. The summed E-state index contributed by atoms with van der Waals surface area (Å²) in [6, 6.07) is 15.4. The van der Waals surface area contributed by atoms with Crippen molar-refractivity contribution >= 4 is 34.1 Å². The fraction of sp³-hybridized carbons (Fsp3) is 0.111. The Balaban J connectivity index is 1.73. The van der Waals surface area contributed by atoms with E-state index in [-0.39, 0.29) is 12.5 Å². The number of hydrogen-bond donors (Lipinski definition) is 1. The predicted molar refractivity (Wildman–Crippen MR) is 96.5 cm³/mol. The highest BCUT2D eigenvalue weighted by atomic mass is 79.9. The maximum Gasteiger partial charge on any atom is 0.277 e. The van der Waals surface area contributed by atoms with Gasteiger partial charge in [-0.15, -0.1) is 0 Å². The molecule has 0 aliphatic rings. The van der Waals surface area contributed by atoms with Crippen molar-refractivity contribution in [1.82, 2.24) is 5.43 Å². The van der Waals surface area contributed by atoms with Crippen LogP contribution in [0.5, 0.6) is 5.75 Å². The van der Waals surface area contributed by atoms with Crippen LogP contribution < -0.4 is 10.2 Å². The van der Waals surface area contributed by atoms with Crippen LogP contribution in [-0.4, -0.2) is 18.7 Å². The standard InChI is InChI=1S/C18H17BrN2O2/c1-14-12-16(9-10-17(14)19)23-13-18(22)21-20-11-5-8-15-6-3-2-4-7-15/h2-12H,13H2,1H3,(H,21,22)/b8-5+,20-11+. The number of aryl methyl sites for hydroxylation is 1.